The molecule has 0 rings (SSSR count). The van der Waals surface area contributed by atoms with Crippen molar-refractivity contribution in [3.05, 3.63) is 12.8 Å². The Kier molecular flexibility index (Phi) is 12.6. The SMILES string of the molecule is C=COCCC.F. The Morgan fingerprint density at radius 1 is 1.71 bits per heavy atom. The minimum absolute atomic E-state index is 0. The molecule has 0 aliphatic carbocycles. The molecule has 0 N–H and O–H groups in total. The highest BCUT2D eigenvalue weighted by Crippen LogP contribution is 1.76. The monoisotopic (exact) mass is 106 g/mol. The predicted octanol–water partition coefficient (Wildman–Crippen LogP) is 1.71. The van der Waals surface area contributed by atoms with Crippen LogP contribution in [0.1, 0.15) is 13.3 Å². The van der Waals surface area contributed by atoms with E-state index in [1.165, 1.54) is 6.26 Å². The Morgan fingerprint density at radius 3 is 2.43 bits per heavy atom. The van der Waals surface area contributed by atoms with Crippen LogP contribution in [0.15, 0.2) is 12.8 Å². The summed E-state index contributed by atoms with van der Waals surface area (Å²) in [5, 5.41) is 0. The number of ether oxygens (including phenoxy) is 1. The molecule has 1 nitrogen and oxygen atoms in total. The molecule has 0 fully saturated rings. The van der Waals surface area contributed by atoms with Crippen LogP contribution in [0.5, 0.6) is 0 Å². The van der Waals surface area contributed by atoms with Crippen molar-refractivity contribution < 1.29 is 9.44 Å². The Morgan fingerprint density at radius 2 is 2.29 bits per heavy atom. The standard InChI is InChI=1S/C5H10O.FH/c1-3-5-6-4-2;/h4H,2-3,5H2,1H3;1H. The lowest BCUT2D eigenvalue weighted by Gasteiger charge is -1.90. The first kappa shape index (κ1) is 9.69. The van der Waals surface area contributed by atoms with E-state index in [9.17, 15) is 0 Å². The van der Waals surface area contributed by atoms with Gasteiger partial charge in [-0.25, -0.2) is 0 Å². The highest BCUT2D eigenvalue weighted by Gasteiger charge is 1.68. The summed E-state index contributed by atoms with van der Waals surface area (Å²) in [6.07, 6.45) is 2.52. The van der Waals surface area contributed by atoms with Gasteiger partial charge in [0.05, 0.1) is 12.9 Å². The zero-order valence-electron chi connectivity index (χ0n) is 4.52. The summed E-state index contributed by atoms with van der Waals surface area (Å²) in [5.74, 6) is 0. The second-order valence-electron chi connectivity index (χ2n) is 1.04. The number of hydrogen-bond donors (Lipinski definition) is 0. The van der Waals surface area contributed by atoms with Crippen LogP contribution in [0.3, 0.4) is 0 Å². The van der Waals surface area contributed by atoms with Crippen molar-refractivity contribution in [3.63, 3.8) is 0 Å². The zero-order chi connectivity index (χ0) is 4.83. The molecular weight excluding hydrogens is 95.1 g/mol. The molecule has 0 spiro atoms. The van der Waals surface area contributed by atoms with E-state index in [-0.39, 0.29) is 4.70 Å². The molecule has 0 atom stereocenters. The fraction of sp³-hybridized carbons (Fsp3) is 0.600. The lowest BCUT2D eigenvalue weighted by molar-refractivity contribution is 0.251. The molecule has 0 heterocycles. The average Bonchev–Trinajstić information content (AvgIpc) is 1.61. The Labute approximate surface area is 43.4 Å². The summed E-state index contributed by atoms with van der Waals surface area (Å²) in [7, 11) is 0. The van der Waals surface area contributed by atoms with Crippen molar-refractivity contribution in [2.24, 2.45) is 0 Å². The van der Waals surface area contributed by atoms with E-state index in [4.69, 9.17) is 4.74 Å². The summed E-state index contributed by atoms with van der Waals surface area (Å²) in [4.78, 5) is 0. The van der Waals surface area contributed by atoms with Crippen molar-refractivity contribution in [2.45, 2.75) is 13.3 Å². The first-order valence-electron chi connectivity index (χ1n) is 2.14. The second kappa shape index (κ2) is 9.08. The van der Waals surface area contributed by atoms with Crippen LogP contribution in [0, 0.1) is 0 Å². The molecule has 0 aliphatic rings. The summed E-state index contributed by atoms with van der Waals surface area (Å²) in [6.45, 7) is 6.23. The van der Waals surface area contributed by atoms with Crippen LogP contribution in [-0.4, -0.2) is 6.61 Å². The van der Waals surface area contributed by atoms with Gasteiger partial charge in [0.2, 0.25) is 0 Å². The molecule has 2 heteroatoms. The van der Waals surface area contributed by atoms with Gasteiger partial charge in [-0.3, -0.25) is 4.70 Å². The Balaban J connectivity index is 0. The van der Waals surface area contributed by atoms with E-state index >= 15 is 0 Å². The lowest BCUT2D eigenvalue weighted by atomic mass is 10.5. The maximum atomic E-state index is 4.75. The second-order valence-corrected chi connectivity index (χ2v) is 1.04. The molecule has 0 bridgehead atoms. The quantitative estimate of drug-likeness (QED) is 0.393. The van der Waals surface area contributed by atoms with Gasteiger partial charge in [-0.15, -0.1) is 0 Å². The first-order valence-corrected chi connectivity index (χ1v) is 2.14. The maximum Gasteiger partial charge on any atom is 0.0870 e. The molecule has 0 aromatic carbocycles. The van der Waals surface area contributed by atoms with E-state index < -0.39 is 0 Å². The number of hydrogen-bond acceptors (Lipinski definition) is 1. The Bertz CT molecular complexity index is 37.1. The number of halogens is 1. The first-order chi connectivity index (χ1) is 2.91. The maximum absolute atomic E-state index is 4.75. The van der Waals surface area contributed by atoms with Gasteiger partial charge in [0, 0.05) is 0 Å². The van der Waals surface area contributed by atoms with Crippen LogP contribution < -0.4 is 0 Å². The molecule has 0 aliphatic heterocycles. The van der Waals surface area contributed by atoms with Crippen molar-refractivity contribution in [1.82, 2.24) is 0 Å². The van der Waals surface area contributed by atoms with Crippen LogP contribution in [0.4, 0.5) is 4.70 Å². The van der Waals surface area contributed by atoms with Crippen LogP contribution in [0.2, 0.25) is 0 Å². The molecule has 44 valence electrons. The largest absolute Gasteiger partial charge is 0.502 e. The van der Waals surface area contributed by atoms with E-state index in [1.54, 1.807) is 0 Å². The third kappa shape index (κ3) is 10.8. The van der Waals surface area contributed by atoms with Gasteiger partial charge in [-0.2, -0.15) is 0 Å². The molecule has 0 saturated heterocycles. The fourth-order valence-corrected chi connectivity index (χ4v) is 0.201. The van der Waals surface area contributed by atoms with Gasteiger partial charge in [0.25, 0.3) is 0 Å². The van der Waals surface area contributed by atoms with Crippen LogP contribution in [0.25, 0.3) is 0 Å². The minimum Gasteiger partial charge on any atom is -0.502 e. The predicted molar refractivity (Wildman–Crippen MR) is 28.9 cm³/mol. The molecule has 0 unspecified atom stereocenters. The third-order valence-corrected chi connectivity index (χ3v) is 0.440. The topological polar surface area (TPSA) is 9.23 Å². The van der Waals surface area contributed by atoms with Crippen LogP contribution in [-0.2, 0) is 4.74 Å². The van der Waals surface area contributed by atoms with Crippen molar-refractivity contribution in [2.75, 3.05) is 6.61 Å². The van der Waals surface area contributed by atoms with Crippen LogP contribution >= 0.6 is 0 Å². The smallest absolute Gasteiger partial charge is 0.0870 e. The Hall–Kier alpha value is -0.530. The van der Waals surface area contributed by atoms with Crippen molar-refractivity contribution in [1.29, 1.82) is 0 Å². The van der Waals surface area contributed by atoms with Crippen molar-refractivity contribution in [3.8, 4) is 0 Å². The van der Waals surface area contributed by atoms with Gasteiger partial charge < -0.3 is 4.74 Å². The van der Waals surface area contributed by atoms with Gasteiger partial charge >= 0.3 is 0 Å². The van der Waals surface area contributed by atoms with E-state index in [1.807, 2.05) is 0 Å². The molecule has 0 saturated carbocycles. The highest BCUT2D eigenvalue weighted by molar-refractivity contribution is 4.46. The van der Waals surface area contributed by atoms with E-state index in [2.05, 4.69) is 13.5 Å². The molecule has 0 aromatic rings. The third-order valence-electron chi connectivity index (χ3n) is 0.440. The van der Waals surface area contributed by atoms with E-state index in [0.717, 1.165) is 13.0 Å². The zero-order valence-corrected chi connectivity index (χ0v) is 4.52. The molecular formula is C5H11FO. The molecule has 0 radical (unpaired) electrons. The normalized spacial score (nSPS) is 6.43. The summed E-state index contributed by atoms with van der Waals surface area (Å²) < 4.78 is 4.75. The summed E-state index contributed by atoms with van der Waals surface area (Å²) >= 11 is 0. The number of rotatable bonds is 3. The van der Waals surface area contributed by atoms with Gasteiger partial charge in [0.15, 0.2) is 0 Å². The van der Waals surface area contributed by atoms with Gasteiger partial charge in [-0.05, 0) is 6.42 Å². The summed E-state index contributed by atoms with van der Waals surface area (Å²) in [5.41, 5.74) is 0. The van der Waals surface area contributed by atoms with Crippen molar-refractivity contribution >= 4 is 0 Å². The molecule has 7 heavy (non-hydrogen) atoms. The van der Waals surface area contributed by atoms with Gasteiger partial charge in [-0.1, -0.05) is 13.5 Å². The van der Waals surface area contributed by atoms with E-state index in [0.29, 0.717) is 0 Å². The van der Waals surface area contributed by atoms with Gasteiger partial charge in [0.1, 0.15) is 0 Å². The molecule has 0 amide bonds. The minimum atomic E-state index is 0. The fourth-order valence-electron chi connectivity index (χ4n) is 0.201. The lowest BCUT2D eigenvalue weighted by Crippen LogP contribution is -1.79. The summed E-state index contributed by atoms with van der Waals surface area (Å²) in [6, 6.07) is 0. The highest BCUT2D eigenvalue weighted by atomic mass is 19.0. The molecule has 0 aromatic heterocycles. The average molecular weight is 106 g/mol.